The van der Waals surface area contributed by atoms with Crippen molar-refractivity contribution in [1.29, 1.82) is 0 Å². The molecule has 4 nitrogen and oxygen atoms in total. The van der Waals surface area contributed by atoms with Crippen molar-refractivity contribution in [2.45, 2.75) is 20.3 Å². The van der Waals surface area contributed by atoms with Crippen LogP contribution in [0.3, 0.4) is 0 Å². The number of hydrogen-bond acceptors (Lipinski definition) is 3. The number of halogens is 1. The third kappa shape index (κ3) is 3.20. The third-order valence-corrected chi connectivity index (χ3v) is 3.07. The van der Waals surface area contributed by atoms with Crippen LogP contribution in [0.25, 0.3) is 0 Å². The van der Waals surface area contributed by atoms with Crippen LogP contribution in [0.4, 0.5) is 5.69 Å². The lowest BCUT2D eigenvalue weighted by molar-refractivity contribution is -0.115. The number of hydrogen-bond donors (Lipinski definition) is 1. The van der Waals surface area contributed by atoms with Gasteiger partial charge in [0.15, 0.2) is 0 Å². The number of aromatic nitrogens is 1. The molecule has 1 aromatic heterocycles. The molecule has 2 aromatic rings. The van der Waals surface area contributed by atoms with Gasteiger partial charge in [-0.1, -0.05) is 11.2 Å². The average Bonchev–Trinajstić information content (AvgIpc) is 2.68. The topological polar surface area (TPSA) is 55.1 Å². The van der Waals surface area contributed by atoms with Crippen LogP contribution in [0.15, 0.2) is 33.3 Å². The fraction of sp³-hybridized carbons (Fsp3) is 0.231. The van der Waals surface area contributed by atoms with Gasteiger partial charge in [0.05, 0.1) is 17.8 Å². The van der Waals surface area contributed by atoms with E-state index in [-0.39, 0.29) is 12.3 Å². The van der Waals surface area contributed by atoms with Gasteiger partial charge in [0, 0.05) is 10.5 Å². The van der Waals surface area contributed by atoms with E-state index in [0.29, 0.717) is 11.5 Å². The van der Waals surface area contributed by atoms with E-state index in [1.807, 2.05) is 25.1 Å². The zero-order chi connectivity index (χ0) is 13.1. The highest BCUT2D eigenvalue weighted by Gasteiger charge is 2.09. The molecule has 1 amide bonds. The summed E-state index contributed by atoms with van der Waals surface area (Å²) in [6.45, 7) is 3.79. The van der Waals surface area contributed by atoms with Crippen LogP contribution < -0.4 is 5.32 Å². The Morgan fingerprint density at radius 2 is 2.17 bits per heavy atom. The number of benzene rings is 1. The van der Waals surface area contributed by atoms with Crippen molar-refractivity contribution in [3.63, 3.8) is 0 Å². The first-order valence-corrected chi connectivity index (χ1v) is 6.32. The van der Waals surface area contributed by atoms with Crippen molar-refractivity contribution in [2.24, 2.45) is 0 Å². The molecule has 0 aliphatic heterocycles. The lowest BCUT2D eigenvalue weighted by Crippen LogP contribution is -2.14. The maximum Gasteiger partial charge on any atom is 0.230 e. The number of aryl methyl sites for hydroxylation is 2. The van der Waals surface area contributed by atoms with Gasteiger partial charge in [-0.05, 0) is 47.5 Å². The van der Waals surface area contributed by atoms with Crippen LogP contribution in [0.2, 0.25) is 0 Å². The van der Waals surface area contributed by atoms with Crippen LogP contribution in [-0.2, 0) is 11.2 Å². The summed E-state index contributed by atoms with van der Waals surface area (Å²) < 4.78 is 5.78. The maximum atomic E-state index is 11.8. The number of nitrogens with one attached hydrogen (secondary N) is 1. The van der Waals surface area contributed by atoms with Crippen molar-refractivity contribution in [1.82, 2.24) is 5.16 Å². The van der Waals surface area contributed by atoms with E-state index in [9.17, 15) is 4.79 Å². The van der Waals surface area contributed by atoms with Crippen molar-refractivity contribution in [3.8, 4) is 0 Å². The predicted molar refractivity (Wildman–Crippen MR) is 72.5 cm³/mol. The van der Waals surface area contributed by atoms with Gasteiger partial charge in [0.25, 0.3) is 0 Å². The zero-order valence-corrected chi connectivity index (χ0v) is 11.7. The molecular weight excluding hydrogens is 296 g/mol. The molecule has 0 unspecified atom stereocenters. The number of rotatable bonds is 3. The Morgan fingerprint density at radius 1 is 1.39 bits per heavy atom. The molecule has 0 aliphatic carbocycles. The summed E-state index contributed by atoms with van der Waals surface area (Å²) in [6.07, 6.45) is 0.206. The van der Waals surface area contributed by atoms with Crippen molar-refractivity contribution >= 4 is 27.5 Å². The summed E-state index contributed by atoms with van der Waals surface area (Å²) in [7, 11) is 0. The zero-order valence-electron chi connectivity index (χ0n) is 10.2. The van der Waals surface area contributed by atoms with Crippen LogP contribution >= 0.6 is 15.9 Å². The third-order valence-electron chi connectivity index (χ3n) is 2.42. The van der Waals surface area contributed by atoms with E-state index in [1.54, 1.807) is 13.0 Å². The standard InChI is InChI=1S/C13H13BrN2O2/c1-8-3-4-12(11(14)5-8)15-13(17)7-10-6-9(2)18-16-10/h3-6H,7H2,1-2H3,(H,15,17). The Morgan fingerprint density at radius 3 is 2.78 bits per heavy atom. The van der Waals surface area contributed by atoms with Crippen LogP contribution in [0, 0.1) is 13.8 Å². The molecule has 1 N–H and O–H groups in total. The van der Waals surface area contributed by atoms with Gasteiger partial charge in [-0.3, -0.25) is 4.79 Å². The molecular formula is C13H13BrN2O2. The molecule has 0 saturated heterocycles. The highest BCUT2D eigenvalue weighted by atomic mass is 79.9. The van der Waals surface area contributed by atoms with Gasteiger partial charge in [0.1, 0.15) is 5.76 Å². The Balaban J connectivity index is 2.03. The predicted octanol–water partition coefficient (Wildman–Crippen LogP) is 3.24. The van der Waals surface area contributed by atoms with E-state index >= 15 is 0 Å². The van der Waals surface area contributed by atoms with E-state index in [2.05, 4.69) is 26.4 Å². The molecule has 0 spiro atoms. The highest BCUT2D eigenvalue weighted by molar-refractivity contribution is 9.10. The molecule has 5 heteroatoms. The molecule has 0 atom stereocenters. The minimum Gasteiger partial charge on any atom is -0.361 e. The maximum absolute atomic E-state index is 11.8. The van der Waals surface area contributed by atoms with Gasteiger partial charge in [0.2, 0.25) is 5.91 Å². The van der Waals surface area contributed by atoms with Crippen molar-refractivity contribution in [3.05, 3.63) is 45.8 Å². The van der Waals surface area contributed by atoms with Gasteiger partial charge in [-0.25, -0.2) is 0 Å². The van der Waals surface area contributed by atoms with Crippen LogP contribution in [0.1, 0.15) is 17.0 Å². The van der Waals surface area contributed by atoms with E-state index in [1.165, 1.54) is 0 Å². The summed E-state index contributed by atoms with van der Waals surface area (Å²) >= 11 is 3.42. The lowest BCUT2D eigenvalue weighted by atomic mass is 10.2. The second-order valence-corrected chi connectivity index (χ2v) is 4.99. The summed E-state index contributed by atoms with van der Waals surface area (Å²) in [4.78, 5) is 11.8. The molecule has 94 valence electrons. The number of amides is 1. The summed E-state index contributed by atoms with van der Waals surface area (Å²) in [5.41, 5.74) is 2.52. The van der Waals surface area contributed by atoms with Crippen molar-refractivity contribution < 1.29 is 9.32 Å². The van der Waals surface area contributed by atoms with Gasteiger partial charge in [-0.2, -0.15) is 0 Å². The molecule has 0 saturated carbocycles. The first-order chi connectivity index (χ1) is 8.54. The van der Waals surface area contributed by atoms with Gasteiger partial charge >= 0.3 is 0 Å². The van der Waals surface area contributed by atoms with E-state index < -0.39 is 0 Å². The summed E-state index contributed by atoms with van der Waals surface area (Å²) in [6, 6.07) is 7.52. The molecule has 0 aliphatic rings. The Labute approximate surface area is 113 Å². The van der Waals surface area contributed by atoms with Crippen LogP contribution in [0.5, 0.6) is 0 Å². The number of nitrogens with zero attached hydrogens (tertiary/aromatic N) is 1. The molecule has 0 fully saturated rings. The Hall–Kier alpha value is -1.62. The fourth-order valence-corrected chi connectivity index (χ4v) is 2.17. The largest absolute Gasteiger partial charge is 0.361 e. The number of carbonyl (C=O) groups is 1. The van der Waals surface area contributed by atoms with Gasteiger partial charge < -0.3 is 9.84 Å². The normalized spacial score (nSPS) is 10.4. The van der Waals surface area contributed by atoms with E-state index in [4.69, 9.17) is 4.52 Å². The minimum absolute atomic E-state index is 0.118. The average molecular weight is 309 g/mol. The molecule has 2 rings (SSSR count). The second-order valence-electron chi connectivity index (χ2n) is 4.14. The molecule has 18 heavy (non-hydrogen) atoms. The number of anilines is 1. The molecule has 0 bridgehead atoms. The second kappa shape index (κ2) is 5.35. The molecule has 0 radical (unpaired) electrons. The van der Waals surface area contributed by atoms with Gasteiger partial charge in [-0.15, -0.1) is 0 Å². The fourth-order valence-electron chi connectivity index (χ4n) is 1.58. The van der Waals surface area contributed by atoms with Crippen LogP contribution in [-0.4, -0.2) is 11.1 Å². The first-order valence-electron chi connectivity index (χ1n) is 5.53. The number of carbonyl (C=O) groups excluding carboxylic acids is 1. The van der Waals surface area contributed by atoms with Crippen molar-refractivity contribution in [2.75, 3.05) is 5.32 Å². The first kappa shape index (κ1) is 12.8. The SMILES string of the molecule is Cc1ccc(NC(=O)Cc2cc(C)on2)c(Br)c1. The summed E-state index contributed by atoms with van der Waals surface area (Å²) in [5, 5.41) is 6.61. The summed E-state index contributed by atoms with van der Waals surface area (Å²) in [5.74, 6) is 0.585. The minimum atomic E-state index is -0.118. The quantitative estimate of drug-likeness (QED) is 0.947. The molecule has 1 heterocycles. The Bertz CT molecular complexity index is 578. The lowest BCUT2D eigenvalue weighted by Gasteiger charge is -2.07. The van der Waals surface area contributed by atoms with E-state index in [0.717, 1.165) is 15.7 Å². The highest BCUT2D eigenvalue weighted by Crippen LogP contribution is 2.23. The Kier molecular flexibility index (Phi) is 3.81. The monoisotopic (exact) mass is 308 g/mol. The molecule has 1 aromatic carbocycles. The smallest absolute Gasteiger partial charge is 0.230 e.